The SMILES string of the molecule is O=C(CCc1ccncc1)NC[C@H]1COc2ccccc2C1. The molecule has 0 spiro atoms. The van der Waals surface area contributed by atoms with Crippen LogP contribution in [0.1, 0.15) is 17.5 Å². The number of rotatable bonds is 5. The second-order valence-electron chi connectivity index (χ2n) is 5.65. The van der Waals surface area contributed by atoms with E-state index in [4.69, 9.17) is 4.74 Å². The lowest BCUT2D eigenvalue weighted by Crippen LogP contribution is -2.34. The standard InChI is InChI=1S/C18H20N2O2/c21-18(6-5-14-7-9-19-10-8-14)20-12-15-11-16-3-1-2-4-17(16)22-13-15/h1-4,7-10,15H,5-6,11-13H2,(H,20,21)/t15-/m0/s1. The van der Waals surface area contributed by atoms with Crippen LogP contribution in [0.15, 0.2) is 48.8 Å². The van der Waals surface area contributed by atoms with Crippen LogP contribution in [0.2, 0.25) is 0 Å². The highest BCUT2D eigenvalue weighted by Gasteiger charge is 2.19. The third kappa shape index (κ3) is 3.85. The molecule has 0 radical (unpaired) electrons. The number of amides is 1. The summed E-state index contributed by atoms with van der Waals surface area (Å²) in [5.41, 5.74) is 2.37. The highest BCUT2D eigenvalue weighted by atomic mass is 16.5. The minimum absolute atomic E-state index is 0.0932. The van der Waals surface area contributed by atoms with Gasteiger partial charge in [0.25, 0.3) is 0 Å². The van der Waals surface area contributed by atoms with E-state index < -0.39 is 0 Å². The van der Waals surface area contributed by atoms with Gasteiger partial charge in [0.05, 0.1) is 6.61 Å². The number of benzene rings is 1. The number of carbonyl (C=O) groups excluding carboxylic acids is 1. The summed E-state index contributed by atoms with van der Waals surface area (Å²) in [6.07, 6.45) is 5.72. The van der Waals surface area contributed by atoms with Gasteiger partial charge in [-0.1, -0.05) is 18.2 Å². The van der Waals surface area contributed by atoms with Crippen LogP contribution in [-0.4, -0.2) is 24.0 Å². The van der Waals surface area contributed by atoms with Crippen molar-refractivity contribution in [2.45, 2.75) is 19.3 Å². The molecule has 0 aliphatic carbocycles. The average Bonchev–Trinajstić information content (AvgIpc) is 2.59. The molecule has 3 rings (SSSR count). The molecular weight excluding hydrogens is 276 g/mol. The molecule has 0 saturated heterocycles. The van der Waals surface area contributed by atoms with E-state index in [0.717, 1.165) is 24.2 Å². The Balaban J connectivity index is 1.42. The van der Waals surface area contributed by atoms with Crippen LogP contribution in [0.3, 0.4) is 0 Å². The van der Waals surface area contributed by atoms with Gasteiger partial charge in [0.2, 0.25) is 5.91 Å². The van der Waals surface area contributed by atoms with Crippen molar-refractivity contribution in [2.75, 3.05) is 13.2 Å². The Morgan fingerprint density at radius 1 is 1.23 bits per heavy atom. The number of ether oxygens (including phenoxy) is 1. The summed E-state index contributed by atoms with van der Waals surface area (Å²) < 4.78 is 5.74. The van der Waals surface area contributed by atoms with E-state index in [0.29, 0.717) is 25.5 Å². The van der Waals surface area contributed by atoms with Crippen molar-refractivity contribution >= 4 is 5.91 Å². The van der Waals surface area contributed by atoms with E-state index in [1.165, 1.54) is 5.56 Å². The number of aromatic nitrogens is 1. The number of nitrogens with one attached hydrogen (secondary N) is 1. The van der Waals surface area contributed by atoms with Crippen molar-refractivity contribution in [3.63, 3.8) is 0 Å². The van der Waals surface area contributed by atoms with Gasteiger partial charge in [0.1, 0.15) is 5.75 Å². The lowest BCUT2D eigenvalue weighted by Gasteiger charge is -2.25. The molecular formula is C18H20N2O2. The van der Waals surface area contributed by atoms with Crippen molar-refractivity contribution in [2.24, 2.45) is 5.92 Å². The second-order valence-corrected chi connectivity index (χ2v) is 5.65. The highest BCUT2D eigenvalue weighted by molar-refractivity contribution is 5.76. The summed E-state index contributed by atoms with van der Waals surface area (Å²) in [6.45, 7) is 1.34. The van der Waals surface area contributed by atoms with Gasteiger partial charge in [-0.15, -0.1) is 0 Å². The number of fused-ring (bicyclic) bond motifs is 1. The molecule has 1 N–H and O–H groups in total. The van der Waals surface area contributed by atoms with Crippen molar-refractivity contribution < 1.29 is 9.53 Å². The first-order valence-corrected chi connectivity index (χ1v) is 7.67. The zero-order valence-electron chi connectivity index (χ0n) is 12.5. The Morgan fingerprint density at radius 3 is 2.91 bits per heavy atom. The second kappa shape index (κ2) is 7.07. The molecule has 1 aliphatic heterocycles. The Bertz CT molecular complexity index is 628. The first-order valence-electron chi connectivity index (χ1n) is 7.67. The van der Waals surface area contributed by atoms with Crippen LogP contribution in [-0.2, 0) is 17.6 Å². The number of nitrogens with zero attached hydrogens (tertiary/aromatic N) is 1. The molecule has 0 fully saturated rings. The highest BCUT2D eigenvalue weighted by Crippen LogP contribution is 2.26. The molecule has 1 amide bonds. The fourth-order valence-electron chi connectivity index (χ4n) is 2.68. The van der Waals surface area contributed by atoms with Gasteiger partial charge in [-0.2, -0.15) is 0 Å². The molecule has 1 atom stereocenters. The monoisotopic (exact) mass is 296 g/mol. The van der Waals surface area contributed by atoms with Gasteiger partial charge < -0.3 is 10.1 Å². The van der Waals surface area contributed by atoms with E-state index in [2.05, 4.69) is 16.4 Å². The fraction of sp³-hybridized carbons (Fsp3) is 0.333. The van der Waals surface area contributed by atoms with Crippen LogP contribution in [0.5, 0.6) is 5.75 Å². The number of hydrogen-bond donors (Lipinski definition) is 1. The van der Waals surface area contributed by atoms with E-state index >= 15 is 0 Å². The summed E-state index contributed by atoms with van der Waals surface area (Å²) in [4.78, 5) is 15.9. The Labute approximate surface area is 130 Å². The number of hydrogen-bond acceptors (Lipinski definition) is 3. The van der Waals surface area contributed by atoms with Gasteiger partial charge in [-0.3, -0.25) is 9.78 Å². The summed E-state index contributed by atoms with van der Waals surface area (Å²) in [7, 11) is 0. The zero-order valence-corrected chi connectivity index (χ0v) is 12.5. The maximum Gasteiger partial charge on any atom is 0.220 e. The van der Waals surface area contributed by atoms with Gasteiger partial charge in [-0.05, 0) is 42.2 Å². The number of carbonyl (C=O) groups is 1. The Kier molecular flexibility index (Phi) is 4.68. The minimum atomic E-state index is 0.0932. The van der Waals surface area contributed by atoms with Crippen LogP contribution >= 0.6 is 0 Å². The molecule has 2 aromatic rings. The maximum atomic E-state index is 11.9. The molecule has 114 valence electrons. The molecule has 1 aliphatic rings. The lowest BCUT2D eigenvalue weighted by molar-refractivity contribution is -0.121. The van der Waals surface area contributed by atoms with Crippen LogP contribution < -0.4 is 10.1 Å². The summed E-state index contributed by atoms with van der Waals surface area (Å²) in [5, 5.41) is 3.02. The van der Waals surface area contributed by atoms with Crippen LogP contribution in [0, 0.1) is 5.92 Å². The first-order chi connectivity index (χ1) is 10.8. The van der Waals surface area contributed by atoms with Crippen molar-refractivity contribution in [1.29, 1.82) is 0 Å². The molecule has 4 heteroatoms. The molecule has 4 nitrogen and oxygen atoms in total. The third-order valence-electron chi connectivity index (χ3n) is 3.93. The lowest BCUT2D eigenvalue weighted by atomic mass is 9.96. The van der Waals surface area contributed by atoms with Gasteiger partial charge in [0, 0.05) is 31.3 Å². The van der Waals surface area contributed by atoms with Gasteiger partial charge in [0.15, 0.2) is 0 Å². The molecule has 2 heterocycles. The number of pyridine rings is 1. The predicted molar refractivity (Wildman–Crippen MR) is 84.7 cm³/mol. The quantitative estimate of drug-likeness (QED) is 0.921. The van der Waals surface area contributed by atoms with E-state index in [1.807, 2.05) is 30.3 Å². The molecule has 22 heavy (non-hydrogen) atoms. The predicted octanol–water partition coefficient (Wildman–Crippen LogP) is 2.38. The van der Waals surface area contributed by atoms with Crippen molar-refractivity contribution in [1.82, 2.24) is 10.3 Å². The Hall–Kier alpha value is -2.36. The molecule has 0 unspecified atom stereocenters. The molecule has 0 bridgehead atoms. The third-order valence-corrected chi connectivity index (χ3v) is 3.93. The Morgan fingerprint density at radius 2 is 2.05 bits per heavy atom. The molecule has 1 aromatic heterocycles. The first kappa shape index (κ1) is 14.6. The van der Waals surface area contributed by atoms with E-state index in [1.54, 1.807) is 12.4 Å². The largest absolute Gasteiger partial charge is 0.493 e. The summed E-state index contributed by atoms with van der Waals surface area (Å²) >= 11 is 0. The maximum absolute atomic E-state index is 11.9. The van der Waals surface area contributed by atoms with E-state index in [9.17, 15) is 4.79 Å². The number of aryl methyl sites for hydroxylation is 1. The van der Waals surface area contributed by atoms with Crippen molar-refractivity contribution in [3.05, 3.63) is 59.9 Å². The van der Waals surface area contributed by atoms with Gasteiger partial charge >= 0.3 is 0 Å². The fourth-order valence-corrected chi connectivity index (χ4v) is 2.68. The van der Waals surface area contributed by atoms with Crippen molar-refractivity contribution in [3.8, 4) is 5.75 Å². The number of para-hydroxylation sites is 1. The molecule has 0 saturated carbocycles. The zero-order chi connectivity index (χ0) is 15.2. The summed E-state index contributed by atoms with van der Waals surface area (Å²) in [6, 6.07) is 12.0. The van der Waals surface area contributed by atoms with E-state index in [-0.39, 0.29) is 5.91 Å². The summed E-state index contributed by atoms with van der Waals surface area (Å²) in [5.74, 6) is 1.42. The van der Waals surface area contributed by atoms with Gasteiger partial charge in [-0.25, -0.2) is 0 Å². The molecule has 1 aromatic carbocycles. The van der Waals surface area contributed by atoms with Crippen LogP contribution in [0.4, 0.5) is 0 Å². The van der Waals surface area contributed by atoms with Crippen LogP contribution in [0.25, 0.3) is 0 Å². The normalized spacial score (nSPS) is 16.5. The average molecular weight is 296 g/mol. The minimum Gasteiger partial charge on any atom is -0.493 e. The topological polar surface area (TPSA) is 51.2 Å². The smallest absolute Gasteiger partial charge is 0.220 e.